The molecule has 2 N–H and O–H groups in total. The van der Waals surface area contributed by atoms with Crippen LogP contribution in [-0.2, 0) is 17.9 Å². The number of ether oxygens (including phenoxy) is 1. The number of benzene rings is 1. The van der Waals surface area contributed by atoms with E-state index in [1.165, 1.54) is 0 Å². The Hall–Kier alpha value is -2.01. The average molecular weight is 261 g/mol. The summed E-state index contributed by atoms with van der Waals surface area (Å²) in [6.45, 7) is 3.12. The van der Waals surface area contributed by atoms with Gasteiger partial charge in [0.2, 0.25) is 0 Å². The molecule has 0 radical (unpaired) electrons. The quantitative estimate of drug-likeness (QED) is 0.892. The molecule has 0 bridgehead atoms. The first-order valence-electron chi connectivity index (χ1n) is 6.35. The van der Waals surface area contributed by atoms with Crippen LogP contribution in [0.3, 0.4) is 0 Å². The smallest absolute Gasteiger partial charge is 0.294 e. The van der Waals surface area contributed by atoms with Crippen LogP contribution in [-0.4, -0.2) is 16.5 Å². The third-order valence-corrected chi connectivity index (χ3v) is 3.00. The number of anilines is 1. The lowest BCUT2D eigenvalue weighted by Crippen LogP contribution is -2.22. The highest BCUT2D eigenvalue weighted by molar-refractivity contribution is 5.45. The molecule has 5 heteroatoms. The van der Waals surface area contributed by atoms with Gasteiger partial charge in [-0.05, 0) is 18.6 Å². The first kappa shape index (κ1) is 13.4. The van der Waals surface area contributed by atoms with Gasteiger partial charge in [-0.15, -0.1) is 0 Å². The van der Waals surface area contributed by atoms with Gasteiger partial charge in [-0.1, -0.05) is 25.1 Å². The minimum atomic E-state index is -0.188. The molecule has 5 nitrogen and oxygen atoms in total. The Balaban J connectivity index is 2.66. The topological polar surface area (TPSA) is 62.2 Å². The third-order valence-electron chi connectivity index (χ3n) is 3.00. The molecule has 0 saturated heterocycles. The lowest BCUT2D eigenvalue weighted by Gasteiger charge is -2.13. The molecule has 0 aliphatic carbocycles. The van der Waals surface area contributed by atoms with Crippen molar-refractivity contribution < 1.29 is 4.74 Å². The van der Waals surface area contributed by atoms with Gasteiger partial charge in [0.15, 0.2) is 0 Å². The van der Waals surface area contributed by atoms with Crippen LogP contribution in [0.1, 0.15) is 19.0 Å². The first-order chi connectivity index (χ1) is 9.20. The fraction of sp³-hybridized carbons (Fsp3) is 0.357. The number of nitrogens with two attached hydrogens (primary N) is 1. The lowest BCUT2D eigenvalue weighted by atomic mass is 10.3. The number of methoxy groups -OCH3 is 1. The molecular weight excluding hydrogens is 242 g/mol. The zero-order valence-corrected chi connectivity index (χ0v) is 11.3. The van der Waals surface area contributed by atoms with E-state index in [4.69, 9.17) is 10.5 Å². The summed E-state index contributed by atoms with van der Waals surface area (Å²) < 4.78 is 8.66. The van der Waals surface area contributed by atoms with Crippen LogP contribution in [0.5, 0.6) is 0 Å². The SMILES string of the molecule is CCCn1c(COC)c(N)c(=O)n1-c1ccccc1. The van der Waals surface area contributed by atoms with Crippen LogP contribution in [0.4, 0.5) is 5.69 Å². The highest BCUT2D eigenvalue weighted by atomic mass is 16.5. The highest BCUT2D eigenvalue weighted by Crippen LogP contribution is 2.15. The first-order valence-corrected chi connectivity index (χ1v) is 6.35. The molecule has 0 fully saturated rings. The van der Waals surface area contributed by atoms with Gasteiger partial charge in [0.1, 0.15) is 5.69 Å². The van der Waals surface area contributed by atoms with Gasteiger partial charge in [0, 0.05) is 13.7 Å². The van der Waals surface area contributed by atoms with Crippen molar-refractivity contribution in [2.24, 2.45) is 0 Å². The number of hydrogen-bond acceptors (Lipinski definition) is 3. The molecule has 102 valence electrons. The fourth-order valence-electron chi connectivity index (χ4n) is 2.17. The predicted octanol–water partition coefficient (Wildman–Crippen LogP) is 1.78. The molecule has 1 heterocycles. The molecule has 1 aromatic heterocycles. The molecule has 0 spiro atoms. The Labute approximate surface area is 112 Å². The maximum atomic E-state index is 12.3. The average Bonchev–Trinajstić information content (AvgIpc) is 2.66. The Morgan fingerprint density at radius 3 is 2.53 bits per heavy atom. The third kappa shape index (κ3) is 2.42. The van der Waals surface area contributed by atoms with Gasteiger partial charge in [-0.25, -0.2) is 4.68 Å². The van der Waals surface area contributed by atoms with E-state index >= 15 is 0 Å². The predicted molar refractivity (Wildman–Crippen MR) is 75.4 cm³/mol. The molecule has 0 aliphatic heterocycles. The molecule has 0 atom stereocenters. The van der Waals surface area contributed by atoms with E-state index in [9.17, 15) is 4.79 Å². The summed E-state index contributed by atoms with van der Waals surface area (Å²) in [5.41, 5.74) is 7.55. The fourth-order valence-corrected chi connectivity index (χ4v) is 2.17. The van der Waals surface area contributed by atoms with Crippen LogP contribution in [0.25, 0.3) is 5.69 Å². The van der Waals surface area contributed by atoms with E-state index in [1.807, 2.05) is 35.0 Å². The van der Waals surface area contributed by atoms with E-state index in [0.29, 0.717) is 6.61 Å². The van der Waals surface area contributed by atoms with E-state index in [1.54, 1.807) is 11.8 Å². The minimum absolute atomic E-state index is 0.188. The summed E-state index contributed by atoms with van der Waals surface area (Å²) in [4.78, 5) is 12.3. The van der Waals surface area contributed by atoms with E-state index in [2.05, 4.69) is 6.92 Å². The molecule has 0 amide bonds. The monoisotopic (exact) mass is 261 g/mol. The van der Waals surface area contributed by atoms with Gasteiger partial charge in [0.25, 0.3) is 5.56 Å². The summed E-state index contributed by atoms with van der Waals surface area (Å²) in [6, 6.07) is 9.50. The summed E-state index contributed by atoms with van der Waals surface area (Å²) in [5.74, 6) is 0. The van der Waals surface area contributed by atoms with Crippen molar-refractivity contribution in [1.82, 2.24) is 9.36 Å². The van der Waals surface area contributed by atoms with Crippen LogP contribution in [0.15, 0.2) is 35.1 Å². The second-order valence-electron chi connectivity index (χ2n) is 4.37. The van der Waals surface area contributed by atoms with Crippen molar-refractivity contribution in [3.8, 4) is 5.69 Å². The zero-order valence-electron chi connectivity index (χ0n) is 11.3. The van der Waals surface area contributed by atoms with Crippen molar-refractivity contribution in [3.05, 3.63) is 46.4 Å². The molecule has 2 aromatic rings. The van der Waals surface area contributed by atoms with Gasteiger partial charge in [0.05, 0.1) is 18.0 Å². The number of nitrogens with zero attached hydrogens (tertiary/aromatic N) is 2. The summed E-state index contributed by atoms with van der Waals surface area (Å²) in [7, 11) is 1.60. The number of nitrogen functional groups attached to an aromatic ring is 1. The molecule has 2 rings (SSSR count). The zero-order chi connectivity index (χ0) is 13.8. The molecule has 0 saturated carbocycles. The number of hydrogen-bond donors (Lipinski definition) is 1. The Kier molecular flexibility index (Phi) is 4.06. The molecule has 0 unspecified atom stereocenters. The standard InChI is InChI=1S/C14H19N3O2/c1-3-9-16-12(10-19-2)13(15)14(18)17(16)11-7-5-4-6-8-11/h4-8H,3,9-10,15H2,1-2H3. The normalized spacial score (nSPS) is 10.8. The molecule has 19 heavy (non-hydrogen) atoms. The lowest BCUT2D eigenvalue weighted by molar-refractivity contribution is 0.176. The van der Waals surface area contributed by atoms with Crippen molar-refractivity contribution in [2.75, 3.05) is 12.8 Å². The Bertz CT molecular complexity index is 599. The molecular formula is C14H19N3O2. The maximum Gasteiger partial charge on any atom is 0.294 e. The van der Waals surface area contributed by atoms with E-state index in [0.717, 1.165) is 24.3 Å². The van der Waals surface area contributed by atoms with Gasteiger partial charge >= 0.3 is 0 Å². The van der Waals surface area contributed by atoms with E-state index in [-0.39, 0.29) is 11.2 Å². The van der Waals surface area contributed by atoms with Crippen LogP contribution < -0.4 is 11.3 Å². The van der Waals surface area contributed by atoms with Crippen molar-refractivity contribution in [3.63, 3.8) is 0 Å². The second-order valence-corrected chi connectivity index (χ2v) is 4.37. The molecule has 0 aliphatic rings. The van der Waals surface area contributed by atoms with Crippen LogP contribution >= 0.6 is 0 Å². The Morgan fingerprint density at radius 1 is 1.26 bits per heavy atom. The summed E-state index contributed by atoms with van der Waals surface area (Å²) >= 11 is 0. The molecule has 1 aromatic carbocycles. The van der Waals surface area contributed by atoms with Crippen LogP contribution in [0.2, 0.25) is 0 Å². The summed E-state index contributed by atoms with van der Waals surface area (Å²) in [5, 5.41) is 0. The van der Waals surface area contributed by atoms with Gasteiger partial charge < -0.3 is 10.5 Å². The van der Waals surface area contributed by atoms with Crippen molar-refractivity contribution >= 4 is 5.69 Å². The van der Waals surface area contributed by atoms with Crippen molar-refractivity contribution in [1.29, 1.82) is 0 Å². The number of para-hydroxylation sites is 1. The highest BCUT2D eigenvalue weighted by Gasteiger charge is 2.17. The summed E-state index contributed by atoms with van der Waals surface area (Å²) in [6.07, 6.45) is 0.914. The van der Waals surface area contributed by atoms with Crippen LogP contribution in [0, 0.1) is 0 Å². The Morgan fingerprint density at radius 2 is 1.95 bits per heavy atom. The van der Waals surface area contributed by atoms with Gasteiger partial charge in [-0.2, -0.15) is 0 Å². The minimum Gasteiger partial charge on any atom is -0.393 e. The second kappa shape index (κ2) is 5.75. The number of aromatic nitrogens is 2. The van der Waals surface area contributed by atoms with E-state index < -0.39 is 0 Å². The van der Waals surface area contributed by atoms with Crippen molar-refractivity contribution in [2.45, 2.75) is 26.5 Å². The number of rotatable bonds is 5. The largest absolute Gasteiger partial charge is 0.393 e. The van der Waals surface area contributed by atoms with Gasteiger partial charge in [-0.3, -0.25) is 9.48 Å². The maximum absolute atomic E-state index is 12.3.